The minimum atomic E-state index is 0.532. The van der Waals surface area contributed by atoms with E-state index in [0.717, 1.165) is 16.8 Å². The Labute approximate surface area is 103 Å². The van der Waals surface area contributed by atoms with E-state index in [-0.39, 0.29) is 0 Å². The number of anilines is 1. The number of hydrogen-bond acceptors (Lipinski definition) is 2. The van der Waals surface area contributed by atoms with Gasteiger partial charge >= 0.3 is 0 Å². The van der Waals surface area contributed by atoms with Crippen LogP contribution in [0.5, 0.6) is 0 Å². The van der Waals surface area contributed by atoms with Crippen LogP contribution >= 0.6 is 0 Å². The second-order valence-electron chi connectivity index (χ2n) is 4.71. The molecule has 0 saturated carbocycles. The van der Waals surface area contributed by atoms with Gasteiger partial charge in [0, 0.05) is 5.56 Å². The molecule has 0 bridgehead atoms. The van der Waals surface area contributed by atoms with Gasteiger partial charge in [-0.3, -0.25) is 4.98 Å². The van der Waals surface area contributed by atoms with Crippen LogP contribution in [0, 0.1) is 6.92 Å². The van der Waals surface area contributed by atoms with Crippen LogP contribution in [0.15, 0.2) is 36.5 Å². The van der Waals surface area contributed by atoms with Crippen LogP contribution in [-0.4, -0.2) is 4.98 Å². The van der Waals surface area contributed by atoms with Gasteiger partial charge in [-0.2, -0.15) is 0 Å². The molecule has 2 heteroatoms. The minimum absolute atomic E-state index is 0.532. The number of aromatic nitrogens is 1. The summed E-state index contributed by atoms with van der Waals surface area (Å²) in [5, 5.41) is 0. The van der Waals surface area contributed by atoms with E-state index < -0.39 is 0 Å². The van der Waals surface area contributed by atoms with E-state index >= 15 is 0 Å². The lowest BCUT2D eigenvalue weighted by molar-refractivity contribution is 0.867. The highest BCUT2D eigenvalue weighted by atomic mass is 14.7. The first kappa shape index (κ1) is 11.6. The first-order valence-electron chi connectivity index (χ1n) is 5.90. The molecule has 1 aromatic heterocycles. The fourth-order valence-corrected chi connectivity index (χ4v) is 1.94. The minimum Gasteiger partial charge on any atom is -0.397 e. The lowest BCUT2D eigenvalue weighted by Crippen LogP contribution is -1.94. The molecule has 0 aliphatic rings. The maximum absolute atomic E-state index is 5.72. The van der Waals surface area contributed by atoms with E-state index in [1.165, 1.54) is 5.56 Å². The molecular formula is C15H18N2. The summed E-state index contributed by atoms with van der Waals surface area (Å²) in [5.41, 5.74) is 11.1. The van der Waals surface area contributed by atoms with Crippen molar-refractivity contribution >= 4 is 5.69 Å². The highest BCUT2D eigenvalue weighted by molar-refractivity contribution is 5.65. The Hall–Kier alpha value is -1.83. The zero-order chi connectivity index (χ0) is 12.4. The second-order valence-corrected chi connectivity index (χ2v) is 4.71. The van der Waals surface area contributed by atoms with Gasteiger partial charge in [0.25, 0.3) is 0 Å². The standard InChI is InChI=1S/C15H18N2/c1-10(2)12-5-4-6-13(8-12)15-11(3)7-14(16)9-17-15/h4-10H,16H2,1-3H3. The van der Waals surface area contributed by atoms with Crippen molar-refractivity contribution in [3.63, 3.8) is 0 Å². The molecule has 2 rings (SSSR count). The highest BCUT2D eigenvalue weighted by Crippen LogP contribution is 2.25. The van der Waals surface area contributed by atoms with Gasteiger partial charge in [0.05, 0.1) is 17.6 Å². The molecule has 2 N–H and O–H groups in total. The van der Waals surface area contributed by atoms with Gasteiger partial charge in [0.1, 0.15) is 0 Å². The van der Waals surface area contributed by atoms with Crippen molar-refractivity contribution in [2.24, 2.45) is 0 Å². The molecule has 0 fully saturated rings. The molecule has 0 radical (unpaired) electrons. The Kier molecular flexibility index (Phi) is 3.14. The van der Waals surface area contributed by atoms with Crippen molar-refractivity contribution in [1.29, 1.82) is 0 Å². The third kappa shape index (κ3) is 2.47. The topological polar surface area (TPSA) is 38.9 Å². The molecule has 0 spiro atoms. The Balaban J connectivity index is 2.49. The zero-order valence-electron chi connectivity index (χ0n) is 10.6. The molecule has 2 nitrogen and oxygen atoms in total. The second kappa shape index (κ2) is 4.58. The first-order chi connectivity index (χ1) is 8.08. The summed E-state index contributed by atoms with van der Waals surface area (Å²) in [6.45, 7) is 6.44. The Morgan fingerprint density at radius 1 is 1.18 bits per heavy atom. The van der Waals surface area contributed by atoms with E-state index in [4.69, 9.17) is 5.73 Å². The van der Waals surface area contributed by atoms with Crippen LogP contribution in [0.25, 0.3) is 11.3 Å². The SMILES string of the molecule is Cc1cc(N)cnc1-c1cccc(C(C)C)c1. The van der Waals surface area contributed by atoms with E-state index in [1.807, 2.05) is 13.0 Å². The van der Waals surface area contributed by atoms with Crippen LogP contribution in [0.3, 0.4) is 0 Å². The monoisotopic (exact) mass is 226 g/mol. The van der Waals surface area contributed by atoms with E-state index in [2.05, 4.69) is 43.1 Å². The van der Waals surface area contributed by atoms with Crippen LogP contribution in [0.4, 0.5) is 5.69 Å². The van der Waals surface area contributed by atoms with E-state index in [0.29, 0.717) is 11.6 Å². The molecule has 17 heavy (non-hydrogen) atoms. The molecule has 0 aliphatic heterocycles. The molecule has 0 amide bonds. The summed E-state index contributed by atoms with van der Waals surface area (Å²) in [6, 6.07) is 10.5. The summed E-state index contributed by atoms with van der Waals surface area (Å²) in [4.78, 5) is 4.42. The van der Waals surface area contributed by atoms with Crippen LogP contribution < -0.4 is 5.73 Å². The molecule has 88 valence electrons. The van der Waals surface area contributed by atoms with Crippen molar-refractivity contribution in [3.8, 4) is 11.3 Å². The molecule has 2 aromatic rings. The number of nitrogens with zero attached hydrogens (tertiary/aromatic N) is 1. The highest BCUT2D eigenvalue weighted by Gasteiger charge is 2.06. The van der Waals surface area contributed by atoms with Crippen molar-refractivity contribution in [2.45, 2.75) is 26.7 Å². The van der Waals surface area contributed by atoms with Crippen molar-refractivity contribution in [3.05, 3.63) is 47.7 Å². The van der Waals surface area contributed by atoms with Gasteiger partial charge in [-0.05, 0) is 36.1 Å². The molecular weight excluding hydrogens is 208 g/mol. The number of hydrogen-bond donors (Lipinski definition) is 1. The quantitative estimate of drug-likeness (QED) is 0.846. The lowest BCUT2D eigenvalue weighted by Gasteiger charge is -2.10. The summed E-state index contributed by atoms with van der Waals surface area (Å²) >= 11 is 0. The molecule has 0 atom stereocenters. The molecule has 0 unspecified atom stereocenters. The third-order valence-electron chi connectivity index (χ3n) is 2.93. The fourth-order valence-electron chi connectivity index (χ4n) is 1.94. The fraction of sp³-hybridized carbons (Fsp3) is 0.267. The van der Waals surface area contributed by atoms with E-state index in [9.17, 15) is 0 Å². The number of aryl methyl sites for hydroxylation is 1. The van der Waals surface area contributed by atoms with Crippen molar-refractivity contribution in [1.82, 2.24) is 4.98 Å². The van der Waals surface area contributed by atoms with Crippen LogP contribution in [-0.2, 0) is 0 Å². The number of rotatable bonds is 2. The maximum atomic E-state index is 5.72. The van der Waals surface area contributed by atoms with Gasteiger partial charge in [0.15, 0.2) is 0 Å². The summed E-state index contributed by atoms with van der Waals surface area (Å²) in [5.74, 6) is 0.532. The van der Waals surface area contributed by atoms with Crippen molar-refractivity contribution in [2.75, 3.05) is 5.73 Å². The molecule has 1 aromatic carbocycles. The molecule has 0 saturated heterocycles. The van der Waals surface area contributed by atoms with Gasteiger partial charge in [-0.15, -0.1) is 0 Å². The van der Waals surface area contributed by atoms with Gasteiger partial charge in [-0.25, -0.2) is 0 Å². The summed E-state index contributed by atoms with van der Waals surface area (Å²) in [6.07, 6.45) is 1.71. The van der Waals surface area contributed by atoms with Gasteiger partial charge in [-0.1, -0.05) is 32.0 Å². The van der Waals surface area contributed by atoms with Crippen molar-refractivity contribution < 1.29 is 0 Å². The van der Waals surface area contributed by atoms with E-state index in [1.54, 1.807) is 6.20 Å². The largest absolute Gasteiger partial charge is 0.397 e. The smallest absolute Gasteiger partial charge is 0.0732 e. The predicted molar refractivity (Wildman–Crippen MR) is 72.9 cm³/mol. The summed E-state index contributed by atoms with van der Waals surface area (Å²) in [7, 11) is 0. The normalized spacial score (nSPS) is 10.8. The molecule has 1 heterocycles. The zero-order valence-corrected chi connectivity index (χ0v) is 10.6. The van der Waals surface area contributed by atoms with Crippen LogP contribution in [0.2, 0.25) is 0 Å². The Morgan fingerprint density at radius 2 is 1.94 bits per heavy atom. The Morgan fingerprint density at radius 3 is 2.59 bits per heavy atom. The maximum Gasteiger partial charge on any atom is 0.0732 e. The summed E-state index contributed by atoms with van der Waals surface area (Å²) < 4.78 is 0. The lowest BCUT2D eigenvalue weighted by atomic mass is 9.98. The predicted octanol–water partition coefficient (Wildman–Crippen LogP) is 3.76. The first-order valence-corrected chi connectivity index (χ1v) is 5.90. The average Bonchev–Trinajstić information content (AvgIpc) is 2.29. The van der Waals surface area contributed by atoms with Gasteiger partial charge < -0.3 is 5.73 Å². The number of benzene rings is 1. The molecule has 0 aliphatic carbocycles. The Bertz CT molecular complexity index is 530. The van der Waals surface area contributed by atoms with Gasteiger partial charge in [0.2, 0.25) is 0 Å². The number of pyridine rings is 1. The average molecular weight is 226 g/mol. The third-order valence-corrected chi connectivity index (χ3v) is 2.93. The number of nitrogens with two attached hydrogens (primary N) is 1. The van der Waals surface area contributed by atoms with Crippen LogP contribution in [0.1, 0.15) is 30.9 Å². The number of nitrogen functional groups attached to an aromatic ring is 1.